The van der Waals surface area contributed by atoms with Crippen LogP contribution in [0.2, 0.25) is 0 Å². The van der Waals surface area contributed by atoms with Gasteiger partial charge in [-0.2, -0.15) is 0 Å². The number of hydrogen-bond acceptors (Lipinski definition) is 3. The Morgan fingerprint density at radius 2 is 1.27 bits per heavy atom. The molecule has 0 rings (SSSR count). The van der Waals surface area contributed by atoms with Crippen LogP contribution in [0.4, 0.5) is 4.79 Å². The first-order chi connectivity index (χ1) is 14.8. The average molecular weight is 419 g/mol. The van der Waals surface area contributed by atoms with Crippen molar-refractivity contribution in [2.75, 3.05) is 32.8 Å². The number of allylic oxidation sites excluding steroid dienone is 10. The molecule has 0 aromatic carbocycles. The second kappa shape index (κ2) is 24.9. The Bertz CT molecular complexity index is 522. The van der Waals surface area contributed by atoms with E-state index in [0.717, 1.165) is 58.0 Å². The summed E-state index contributed by atoms with van der Waals surface area (Å²) in [5.74, 6) is 0. The number of carboxylic acid groups (broad SMARTS) is 1. The highest BCUT2D eigenvalue weighted by Crippen LogP contribution is 1.98. The SMILES string of the molecule is CC/C=C\CC=CCC=CC/C=C\C/C=C\CCCCNCCOCCNC(=O)O. The Morgan fingerprint density at radius 3 is 1.83 bits per heavy atom. The van der Waals surface area contributed by atoms with Crippen LogP contribution in [-0.2, 0) is 4.74 Å². The van der Waals surface area contributed by atoms with Gasteiger partial charge in [0.2, 0.25) is 0 Å². The van der Waals surface area contributed by atoms with Crippen LogP contribution in [0.25, 0.3) is 0 Å². The molecule has 5 heteroatoms. The molecule has 0 unspecified atom stereocenters. The van der Waals surface area contributed by atoms with E-state index in [0.29, 0.717) is 19.8 Å². The van der Waals surface area contributed by atoms with Crippen molar-refractivity contribution in [1.82, 2.24) is 10.6 Å². The Labute approximate surface area is 183 Å². The Balaban J connectivity index is 3.32. The Kier molecular flexibility index (Phi) is 23.2. The van der Waals surface area contributed by atoms with Crippen LogP contribution >= 0.6 is 0 Å². The van der Waals surface area contributed by atoms with Crippen LogP contribution in [0.1, 0.15) is 58.3 Å². The Morgan fingerprint density at radius 1 is 0.733 bits per heavy atom. The van der Waals surface area contributed by atoms with E-state index in [1.165, 1.54) is 6.42 Å². The summed E-state index contributed by atoms with van der Waals surface area (Å²) < 4.78 is 5.31. The summed E-state index contributed by atoms with van der Waals surface area (Å²) in [5.41, 5.74) is 0. The second-order valence-electron chi connectivity index (χ2n) is 6.80. The van der Waals surface area contributed by atoms with Gasteiger partial charge in [-0.3, -0.25) is 0 Å². The third-order valence-electron chi connectivity index (χ3n) is 4.08. The molecule has 170 valence electrons. The summed E-state index contributed by atoms with van der Waals surface area (Å²) >= 11 is 0. The molecule has 5 nitrogen and oxygen atoms in total. The van der Waals surface area contributed by atoms with Crippen LogP contribution in [0, 0.1) is 0 Å². The molecule has 0 aromatic rings. The lowest BCUT2D eigenvalue weighted by molar-refractivity contribution is 0.134. The van der Waals surface area contributed by atoms with Gasteiger partial charge in [0, 0.05) is 13.1 Å². The summed E-state index contributed by atoms with van der Waals surface area (Å²) in [6.07, 6.45) is 29.8. The molecular formula is C25H42N2O3. The number of ether oxygens (including phenoxy) is 1. The van der Waals surface area contributed by atoms with E-state index in [9.17, 15) is 4.79 Å². The normalized spacial score (nSPS) is 12.4. The Hall–Kier alpha value is -2.11. The number of nitrogens with one attached hydrogen (secondary N) is 2. The lowest BCUT2D eigenvalue weighted by Gasteiger charge is -2.05. The van der Waals surface area contributed by atoms with Gasteiger partial charge in [-0.15, -0.1) is 0 Å². The van der Waals surface area contributed by atoms with Gasteiger partial charge in [-0.1, -0.05) is 67.7 Å². The zero-order chi connectivity index (χ0) is 22.0. The zero-order valence-corrected chi connectivity index (χ0v) is 18.7. The third-order valence-corrected chi connectivity index (χ3v) is 4.08. The first-order valence-electron chi connectivity index (χ1n) is 11.3. The first kappa shape index (κ1) is 27.9. The van der Waals surface area contributed by atoms with Crippen molar-refractivity contribution in [2.24, 2.45) is 0 Å². The average Bonchev–Trinajstić information content (AvgIpc) is 2.73. The van der Waals surface area contributed by atoms with Crippen LogP contribution in [-0.4, -0.2) is 44.0 Å². The van der Waals surface area contributed by atoms with Gasteiger partial charge in [0.15, 0.2) is 0 Å². The van der Waals surface area contributed by atoms with Crippen LogP contribution in [0.5, 0.6) is 0 Å². The van der Waals surface area contributed by atoms with E-state index in [1.54, 1.807) is 0 Å². The first-order valence-corrected chi connectivity index (χ1v) is 11.3. The molecule has 30 heavy (non-hydrogen) atoms. The molecule has 0 spiro atoms. The minimum Gasteiger partial charge on any atom is -0.465 e. The molecule has 0 heterocycles. The minimum atomic E-state index is -1.01. The molecule has 0 saturated heterocycles. The van der Waals surface area contributed by atoms with Crippen LogP contribution in [0.15, 0.2) is 60.8 Å². The largest absolute Gasteiger partial charge is 0.465 e. The molecule has 3 N–H and O–H groups in total. The number of unbranched alkanes of at least 4 members (excludes halogenated alkanes) is 2. The molecule has 0 aliphatic carbocycles. The van der Waals surface area contributed by atoms with E-state index in [4.69, 9.17) is 9.84 Å². The van der Waals surface area contributed by atoms with E-state index < -0.39 is 6.09 Å². The molecule has 0 fully saturated rings. The number of carbonyl (C=O) groups is 1. The quantitative estimate of drug-likeness (QED) is 0.173. The van der Waals surface area contributed by atoms with Crippen molar-refractivity contribution in [2.45, 2.75) is 58.3 Å². The minimum absolute atomic E-state index is 0.336. The molecule has 0 bridgehead atoms. The molecule has 1 amide bonds. The molecule has 0 atom stereocenters. The maximum absolute atomic E-state index is 10.2. The highest BCUT2D eigenvalue weighted by Gasteiger charge is 1.93. The van der Waals surface area contributed by atoms with Gasteiger partial charge < -0.3 is 20.5 Å². The lowest BCUT2D eigenvalue weighted by Crippen LogP contribution is -2.27. The highest BCUT2D eigenvalue weighted by atomic mass is 16.5. The van der Waals surface area contributed by atoms with Crippen molar-refractivity contribution in [3.05, 3.63) is 60.8 Å². The van der Waals surface area contributed by atoms with E-state index in [2.05, 4.69) is 78.3 Å². The van der Waals surface area contributed by atoms with E-state index in [-0.39, 0.29) is 0 Å². The predicted molar refractivity (Wildman–Crippen MR) is 128 cm³/mol. The van der Waals surface area contributed by atoms with Gasteiger partial charge in [0.25, 0.3) is 0 Å². The summed E-state index contributed by atoms with van der Waals surface area (Å²) in [7, 11) is 0. The summed E-state index contributed by atoms with van der Waals surface area (Å²) in [6.45, 7) is 5.30. The summed E-state index contributed by atoms with van der Waals surface area (Å²) in [5, 5.41) is 14.0. The molecule has 0 aliphatic heterocycles. The van der Waals surface area contributed by atoms with Crippen molar-refractivity contribution >= 4 is 6.09 Å². The van der Waals surface area contributed by atoms with E-state index in [1.807, 2.05) is 0 Å². The van der Waals surface area contributed by atoms with E-state index >= 15 is 0 Å². The van der Waals surface area contributed by atoms with Crippen molar-refractivity contribution in [3.8, 4) is 0 Å². The van der Waals surface area contributed by atoms with Gasteiger partial charge in [0.1, 0.15) is 0 Å². The summed E-state index contributed by atoms with van der Waals surface area (Å²) in [4.78, 5) is 10.2. The lowest BCUT2D eigenvalue weighted by atomic mass is 10.2. The fourth-order valence-corrected chi connectivity index (χ4v) is 2.48. The second-order valence-corrected chi connectivity index (χ2v) is 6.80. The van der Waals surface area contributed by atoms with Crippen molar-refractivity contribution in [3.63, 3.8) is 0 Å². The van der Waals surface area contributed by atoms with Crippen molar-refractivity contribution in [1.29, 1.82) is 0 Å². The van der Waals surface area contributed by atoms with Gasteiger partial charge >= 0.3 is 6.09 Å². The summed E-state index contributed by atoms with van der Waals surface area (Å²) in [6, 6.07) is 0. The predicted octanol–water partition coefficient (Wildman–Crippen LogP) is 5.78. The molecule has 0 aliphatic rings. The van der Waals surface area contributed by atoms with Crippen LogP contribution in [0.3, 0.4) is 0 Å². The van der Waals surface area contributed by atoms with Crippen LogP contribution < -0.4 is 10.6 Å². The molecule has 0 aromatic heterocycles. The standard InChI is InChI=1S/C25H42N2O3/c1-2-3-4-5-6-7-8-9-10-11-12-13-14-15-16-17-18-19-20-26-21-23-30-24-22-27-25(28)29/h3-4,6-7,9-10,12-13,15-16,26-27H,2,5,8,11,14,17-24H2,1H3,(H,28,29)/b4-3-,7-6?,10-9?,13-12-,16-15-. The number of amides is 1. The van der Waals surface area contributed by atoms with Gasteiger partial charge in [-0.05, 0) is 57.9 Å². The smallest absolute Gasteiger partial charge is 0.404 e. The zero-order valence-electron chi connectivity index (χ0n) is 18.7. The topological polar surface area (TPSA) is 70.6 Å². The fraction of sp³-hybridized carbons (Fsp3) is 0.560. The third kappa shape index (κ3) is 25.9. The highest BCUT2D eigenvalue weighted by molar-refractivity contribution is 5.64. The number of hydrogen-bond donors (Lipinski definition) is 3. The fourth-order valence-electron chi connectivity index (χ4n) is 2.48. The number of rotatable bonds is 20. The monoisotopic (exact) mass is 418 g/mol. The maximum Gasteiger partial charge on any atom is 0.404 e. The van der Waals surface area contributed by atoms with Gasteiger partial charge in [0.05, 0.1) is 13.2 Å². The molecule has 0 radical (unpaired) electrons. The van der Waals surface area contributed by atoms with Crippen molar-refractivity contribution < 1.29 is 14.6 Å². The maximum atomic E-state index is 10.2. The molecule has 0 saturated carbocycles. The molecular weight excluding hydrogens is 376 g/mol. The van der Waals surface area contributed by atoms with Gasteiger partial charge in [-0.25, -0.2) is 4.79 Å².